The summed E-state index contributed by atoms with van der Waals surface area (Å²) in [5.74, 6) is 0.660. The van der Waals surface area contributed by atoms with Crippen LogP contribution in [0.25, 0.3) is 0 Å². The lowest BCUT2D eigenvalue weighted by Gasteiger charge is -2.22. The first-order valence-corrected chi connectivity index (χ1v) is 7.44. The minimum atomic E-state index is 0.116. The molecule has 1 heterocycles. The molecule has 1 atom stereocenters. The summed E-state index contributed by atoms with van der Waals surface area (Å²) in [6, 6.07) is 0.665. The molecule has 1 aromatic heterocycles. The van der Waals surface area contributed by atoms with Crippen molar-refractivity contribution in [1.29, 1.82) is 0 Å². The molecule has 1 aliphatic carbocycles. The summed E-state index contributed by atoms with van der Waals surface area (Å²) in [7, 11) is 0. The zero-order chi connectivity index (χ0) is 13.7. The van der Waals surface area contributed by atoms with Gasteiger partial charge in [0.2, 0.25) is 5.89 Å². The molecule has 1 aliphatic rings. The predicted octanol–water partition coefficient (Wildman–Crippen LogP) is 3.12. The molecule has 1 fully saturated rings. The van der Waals surface area contributed by atoms with Crippen molar-refractivity contribution < 1.29 is 4.42 Å². The maximum atomic E-state index is 5.65. The lowest BCUT2D eigenvalue weighted by atomic mass is 9.89. The van der Waals surface area contributed by atoms with Crippen LogP contribution in [-0.4, -0.2) is 23.3 Å². The summed E-state index contributed by atoms with van der Waals surface area (Å²) in [6.45, 7) is 8.40. The molecule has 1 saturated carbocycles. The normalized spacial score (nSPS) is 19.5. The van der Waals surface area contributed by atoms with E-state index in [1.165, 1.54) is 25.7 Å². The van der Waals surface area contributed by atoms with Crippen LogP contribution in [0.2, 0.25) is 0 Å². The lowest BCUT2D eigenvalue weighted by molar-refractivity contribution is 0.354. The van der Waals surface area contributed by atoms with Gasteiger partial charge >= 0.3 is 6.01 Å². The molecule has 5 nitrogen and oxygen atoms in total. The molecule has 0 aromatic carbocycles. The molecule has 1 unspecified atom stereocenters. The summed E-state index contributed by atoms with van der Waals surface area (Å²) >= 11 is 0. The molecule has 19 heavy (non-hydrogen) atoms. The van der Waals surface area contributed by atoms with E-state index in [0.29, 0.717) is 17.3 Å². The van der Waals surface area contributed by atoms with E-state index in [1.54, 1.807) is 0 Å². The summed E-state index contributed by atoms with van der Waals surface area (Å²) < 4.78 is 5.65. The molecule has 1 aromatic rings. The minimum Gasteiger partial charge on any atom is -0.406 e. The first-order chi connectivity index (χ1) is 9.13. The molecule has 2 N–H and O–H groups in total. The van der Waals surface area contributed by atoms with Crippen LogP contribution in [0.4, 0.5) is 6.01 Å². The van der Waals surface area contributed by atoms with Gasteiger partial charge in [-0.15, -0.1) is 5.10 Å². The minimum absolute atomic E-state index is 0.116. The molecular formula is C14H26N4O. The summed E-state index contributed by atoms with van der Waals surface area (Å²) in [5, 5.41) is 14.8. The van der Waals surface area contributed by atoms with Crippen LogP contribution in [0, 0.1) is 5.41 Å². The van der Waals surface area contributed by atoms with Gasteiger partial charge in [0.15, 0.2) is 0 Å². The largest absolute Gasteiger partial charge is 0.406 e. The van der Waals surface area contributed by atoms with E-state index in [4.69, 9.17) is 4.42 Å². The maximum absolute atomic E-state index is 5.65. The van der Waals surface area contributed by atoms with E-state index >= 15 is 0 Å². The quantitative estimate of drug-likeness (QED) is 0.794. The van der Waals surface area contributed by atoms with Crippen LogP contribution in [0.1, 0.15) is 64.8 Å². The van der Waals surface area contributed by atoms with Crippen molar-refractivity contribution in [2.24, 2.45) is 5.41 Å². The standard InChI is InChI=1S/C14H26N4O/c1-4-9-15-11(2)12-17-18-13(19-12)16-10-14(3)7-5-6-8-14/h11,15H,4-10H2,1-3H3,(H,16,18). The maximum Gasteiger partial charge on any atom is 0.315 e. The van der Waals surface area contributed by atoms with Crippen LogP contribution in [0.15, 0.2) is 4.42 Å². The highest BCUT2D eigenvalue weighted by molar-refractivity contribution is 5.18. The van der Waals surface area contributed by atoms with Crippen LogP contribution in [0.3, 0.4) is 0 Å². The molecule has 0 amide bonds. The molecule has 0 radical (unpaired) electrons. The van der Waals surface area contributed by atoms with Crippen LogP contribution < -0.4 is 10.6 Å². The number of hydrogen-bond donors (Lipinski definition) is 2. The van der Waals surface area contributed by atoms with Gasteiger partial charge in [0.25, 0.3) is 0 Å². The summed E-state index contributed by atoms with van der Waals surface area (Å²) in [5.41, 5.74) is 0.390. The first-order valence-electron chi connectivity index (χ1n) is 7.44. The third kappa shape index (κ3) is 3.93. The smallest absolute Gasteiger partial charge is 0.315 e. The zero-order valence-corrected chi connectivity index (χ0v) is 12.3. The van der Waals surface area contributed by atoms with Crippen molar-refractivity contribution in [3.63, 3.8) is 0 Å². The van der Waals surface area contributed by atoms with Gasteiger partial charge in [0, 0.05) is 6.54 Å². The topological polar surface area (TPSA) is 63.0 Å². The SMILES string of the molecule is CCCNC(C)c1nnc(NCC2(C)CCCC2)o1. The highest BCUT2D eigenvalue weighted by Crippen LogP contribution is 2.37. The van der Waals surface area contributed by atoms with Crippen molar-refractivity contribution in [3.05, 3.63) is 5.89 Å². The second kappa shape index (κ2) is 6.37. The fraction of sp³-hybridized carbons (Fsp3) is 0.857. The van der Waals surface area contributed by atoms with Crippen molar-refractivity contribution in [1.82, 2.24) is 15.5 Å². The van der Waals surface area contributed by atoms with E-state index in [0.717, 1.165) is 19.5 Å². The number of anilines is 1. The highest BCUT2D eigenvalue weighted by Gasteiger charge is 2.28. The monoisotopic (exact) mass is 266 g/mol. The fourth-order valence-electron chi connectivity index (χ4n) is 2.62. The number of aromatic nitrogens is 2. The Balaban J connectivity index is 1.83. The third-order valence-electron chi connectivity index (χ3n) is 3.99. The predicted molar refractivity (Wildman–Crippen MR) is 76.1 cm³/mol. The van der Waals surface area contributed by atoms with E-state index in [2.05, 4.69) is 34.7 Å². The number of nitrogens with zero attached hydrogens (tertiary/aromatic N) is 2. The van der Waals surface area contributed by atoms with Crippen molar-refractivity contribution >= 4 is 6.01 Å². The Kier molecular flexibility index (Phi) is 4.80. The van der Waals surface area contributed by atoms with E-state index < -0.39 is 0 Å². The van der Waals surface area contributed by atoms with E-state index in [1.807, 2.05) is 6.92 Å². The van der Waals surface area contributed by atoms with Gasteiger partial charge < -0.3 is 15.1 Å². The Morgan fingerprint density at radius 3 is 2.74 bits per heavy atom. The van der Waals surface area contributed by atoms with Crippen LogP contribution in [-0.2, 0) is 0 Å². The Labute approximate surface area is 115 Å². The highest BCUT2D eigenvalue weighted by atomic mass is 16.4. The Bertz CT molecular complexity index is 385. The van der Waals surface area contributed by atoms with Gasteiger partial charge in [-0.3, -0.25) is 0 Å². The molecule has 0 spiro atoms. The van der Waals surface area contributed by atoms with Crippen molar-refractivity contribution in [2.75, 3.05) is 18.4 Å². The third-order valence-corrected chi connectivity index (χ3v) is 3.99. The van der Waals surface area contributed by atoms with Crippen molar-refractivity contribution in [3.8, 4) is 0 Å². The molecule has 0 saturated heterocycles. The molecule has 0 aliphatic heterocycles. The lowest BCUT2D eigenvalue weighted by Crippen LogP contribution is -2.23. The second-order valence-corrected chi connectivity index (χ2v) is 5.99. The van der Waals surface area contributed by atoms with Crippen molar-refractivity contribution in [2.45, 2.75) is 58.9 Å². The fourth-order valence-corrected chi connectivity index (χ4v) is 2.62. The van der Waals surface area contributed by atoms with Gasteiger partial charge in [0.05, 0.1) is 6.04 Å². The molecule has 0 bridgehead atoms. The molecule has 2 rings (SSSR count). The number of nitrogens with one attached hydrogen (secondary N) is 2. The zero-order valence-electron chi connectivity index (χ0n) is 12.3. The summed E-state index contributed by atoms with van der Waals surface area (Å²) in [6.07, 6.45) is 6.35. The molecule has 5 heteroatoms. The van der Waals surface area contributed by atoms with Gasteiger partial charge in [0.1, 0.15) is 0 Å². The van der Waals surface area contributed by atoms with Crippen LogP contribution >= 0.6 is 0 Å². The van der Waals surface area contributed by atoms with Gasteiger partial charge in [-0.05, 0) is 38.1 Å². The van der Waals surface area contributed by atoms with Gasteiger partial charge in [-0.25, -0.2) is 0 Å². The molecule has 108 valence electrons. The first kappa shape index (κ1) is 14.3. The number of hydrogen-bond acceptors (Lipinski definition) is 5. The number of rotatable bonds is 7. The average Bonchev–Trinajstić information content (AvgIpc) is 3.03. The average molecular weight is 266 g/mol. The Morgan fingerprint density at radius 2 is 2.05 bits per heavy atom. The second-order valence-electron chi connectivity index (χ2n) is 5.99. The van der Waals surface area contributed by atoms with E-state index in [-0.39, 0.29) is 6.04 Å². The van der Waals surface area contributed by atoms with Gasteiger partial charge in [-0.1, -0.05) is 31.8 Å². The Morgan fingerprint density at radius 1 is 1.32 bits per heavy atom. The van der Waals surface area contributed by atoms with E-state index in [9.17, 15) is 0 Å². The Hall–Kier alpha value is -1.10. The van der Waals surface area contributed by atoms with Crippen LogP contribution in [0.5, 0.6) is 0 Å². The summed E-state index contributed by atoms with van der Waals surface area (Å²) in [4.78, 5) is 0. The molecular weight excluding hydrogens is 240 g/mol. The van der Waals surface area contributed by atoms with Gasteiger partial charge in [-0.2, -0.15) is 0 Å².